The summed E-state index contributed by atoms with van der Waals surface area (Å²) in [5, 5.41) is 18.5. The van der Waals surface area contributed by atoms with E-state index in [2.05, 4.69) is 5.92 Å². The van der Waals surface area contributed by atoms with Crippen LogP contribution < -0.4 is 11.2 Å². The van der Waals surface area contributed by atoms with Gasteiger partial charge < -0.3 is 14.9 Å². The van der Waals surface area contributed by atoms with Gasteiger partial charge in [0.05, 0.1) is 0 Å². The Morgan fingerprint density at radius 3 is 2.89 bits per heavy atom. The third-order valence-electron chi connectivity index (χ3n) is 2.81. The molecule has 2 rings (SSSR count). The van der Waals surface area contributed by atoms with E-state index in [-0.39, 0.29) is 5.56 Å². The number of rotatable bonds is 2. The normalized spacial score (nSPS) is 30.2. The van der Waals surface area contributed by atoms with Gasteiger partial charge in [-0.1, -0.05) is 5.92 Å². The molecule has 19 heavy (non-hydrogen) atoms. The number of nitrogens with zero attached hydrogens (tertiary/aromatic N) is 1. The van der Waals surface area contributed by atoms with Crippen LogP contribution in [0.15, 0.2) is 15.8 Å². The van der Waals surface area contributed by atoms with Gasteiger partial charge in [-0.2, -0.15) is 0 Å². The van der Waals surface area contributed by atoms with Crippen LogP contribution in [0.3, 0.4) is 0 Å². The van der Waals surface area contributed by atoms with Gasteiger partial charge in [0.2, 0.25) is 5.85 Å². The van der Waals surface area contributed by atoms with Crippen LogP contribution in [0.2, 0.25) is 0 Å². The zero-order chi connectivity index (χ0) is 14.2. The van der Waals surface area contributed by atoms with Gasteiger partial charge in [0.1, 0.15) is 18.3 Å². The van der Waals surface area contributed by atoms with E-state index in [1.807, 2.05) is 4.98 Å². The summed E-state index contributed by atoms with van der Waals surface area (Å²) in [6.45, 7) is -0.958. The summed E-state index contributed by atoms with van der Waals surface area (Å²) >= 11 is 0. The highest BCUT2D eigenvalue weighted by Crippen LogP contribution is 2.36. The number of hydrogen-bond acceptors (Lipinski definition) is 5. The summed E-state index contributed by atoms with van der Waals surface area (Å²) in [5.74, 6) is -0.382. The highest BCUT2D eigenvalue weighted by Gasteiger charge is 2.47. The van der Waals surface area contributed by atoms with Crippen molar-refractivity contribution in [3.63, 3.8) is 0 Å². The average Bonchev–Trinajstić information content (AvgIpc) is 2.66. The molecular formula is C11H11FN2O5. The van der Waals surface area contributed by atoms with Crippen LogP contribution in [0, 0.1) is 12.3 Å². The molecule has 0 bridgehead atoms. The Bertz CT molecular complexity index is 646. The standard InChI is InChI=1S/C11H11FN2O5/c1-2-6-4-14(10(18)13-8(6)17)9-7(16)3-11(12,5-15)19-9/h1,4,7,9,15-16H,3,5H2,(H,13,17,18)/t7-,9-,11+/m1/s1. The van der Waals surface area contributed by atoms with E-state index in [0.717, 1.165) is 10.8 Å². The van der Waals surface area contributed by atoms with Crippen molar-refractivity contribution < 1.29 is 19.3 Å². The zero-order valence-electron chi connectivity index (χ0n) is 9.67. The van der Waals surface area contributed by atoms with Crippen LogP contribution in [-0.4, -0.2) is 38.3 Å². The van der Waals surface area contributed by atoms with E-state index in [0.29, 0.717) is 0 Å². The SMILES string of the molecule is C#Cc1cn([C@@H]2O[C@](F)(CO)C[C@H]2O)c(=O)[nH]c1=O. The monoisotopic (exact) mass is 270 g/mol. The van der Waals surface area contributed by atoms with Crippen LogP contribution in [0.5, 0.6) is 0 Å². The van der Waals surface area contributed by atoms with E-state index >= 15 is 0 Å². The maximum Gasteiger partial charge on any atom is 0.330 e. The second-order valence-electron chi connectivity index (χ2n) is 4.17. The molecule has 1 fully saturated rings. The maximum atomic E-state index is 13.8. The lowest BCUT2D eigenvalue weighted by Gasteiger charge is -2.19. The van der Waals surface area contributed by atoms with Gasteiger partial charge in [-0.3, -0.25) is 14.3 Å². The molecule has 0 radical (unpaired) electrons. The Morgan fingerprint density at radius 1 is 1.68 bits per heavy atom. The fourth-order valence-corrected chi connectivity index (χ4v) is 1.88. The lowest BCUT2D eigenvalue weighted by molar-refractivity contribution is -0.180. The Balaban J connectivity index is 2.47. The van der Waals surface area contributed by atoms with Crippen molar-refractivity contribution in [3.05, 3.63) is 32.6 Å². The molecular weight excluding hydrogens is 259 g/mol. The molecule has 3 N–H and O–H groups in total. The van der Waals surface area contributed by atoms with Gasteiger partial charge in [-0.25, -0.2) is 9.18 Å². The highest BCUT2D eigenvalue weighted by atomic mass is 19.2. The molecule has 0 saturated carbocycles. The second-order valence-corrected chi connectivity index (χ2v) is 4.17. The molecule has 1 aromatic heterocycles. The predicted molar refractivity (Wildman–Crippen MR) is 60.9 cm³/mol. The predicted octanol–water partition coefficient (Wildman–Crippen LogP) is -1.54. The first-order valence-electron chi connectivity index (χ1n) is 5.38. The fraction of sp³-hybridized carbons (Fsp3) is 0.455. The Labute approximate surface area is 106 Å². The third kappa shape index (κ3) is 2.31. The highest BCUT2D eigenvalue weighted by molar-refractivity contribution is 5.26. The van der Waals surface area contributed by atoms with Crippen LogP contribution in [-0.2, 0) is 4.74 Å². The first-order chi connectivity index (χ1) is 8.90. The summed E-state index contributed by atoms with van der Waals surface area (Å²) in [4.78, 5) is 24.8. The summed E-state index contributed by atoms with van der Waals surface area (Å²) in [6, 6.07) is 0. The number of aliphatic hydroxyl groups is 2. The van der Waals surface area contributed by atoms with E-state index in [1.165, 1.54) is 0 Å². The molecule has 0 aliphatic carbocycles. The molecule has 1 aliphatic rings. The van der Waals surface area contributed by atoms with Gasteiger partial charge in [0.15, 0.2) is 6.23 Å². The Hall–Kier alpha value is -1.95. The number of halogens is 1. The number of alkyl halides is 1. The number of aromatic nitrogens is 2. The minimum atomic E-state index is -2.43. The van der Waals surface area contributed by atoms with Gasteiger partial charge in [0.25, 0.3) is 5.56 Å². The number of aromatic amines is 1. The lowest BCUT2D eigenvalue weighted by atomic mass is 10.2. The molecule has 7 nitrogen and oxygen atoms in total. The summed E-state index contributed by atoms with van der Waals surface area (Å²) in [7, 11) is 0. The minimum Gasteiger partial charge on any atom is -0.390 e. The molecule has 1 aliphatic heterocycles. The van der Waals surface area contributed by atoms with Crippen molar-refractivity contribution in [2.75, 3.05) is 6.61 Å². The number of aliphatic hydroxyl groups excluding tert-OH is 2. The smallest absolute Gasteiger partial charge is 0.330 e. The zero-order valence-corrected chi connectivity index (χ0v) is 9.67. The Morgan fingerprint density at radius 2 is 2.37 bits per heavy atom. The van der Waals surface area contributed by atoms with Crippen LogP contribution in [0.4, 0.5) is 4.39 Å². The number of hydrogen-bond donors (Lipinski definition) is 3. The van der Waals surface area contributed by atoms with Crippen molar-refractivity contribution in [2.45, 2.75) is 24.6 Å². The van der Waals surface area contributed by atoms with Gasteiger partial charge >= 0.3 is 5.69 Å². The number of ether oxygens (including phenoxy) is 1. The molecule has 0 amide bonds. The first kappa shape index (κ1) is 13.5. The average molecular weight is 270 g/mol. The largest absolute Gasteiger partial charge is 0.390 e. The van der Waals surface area contributed by atoms with Crippen LogP contribution in [0.25, 0.3) is 0 Å². The van der Waals surface area contributed by atoms with Crippen LogP contribution in [0.1, 0.15) is 18.2 Å². The first-order valence-corrected chi connectivity index (χ1v) is 5.38. The topological polar surface area (TPSA) is 105 Å². The molecule has 0 aromatic carbocycles. The van der Waals surface area contributed by atoms with Crippen molar-refractivity contribution in [2.24, 2.45) is 0 Å². The minimum absolute atomic E-state index is 0.157. The van der Waals surface area contributed by atoms with Crippen molar-refractivity contribution in [1.29, 1.82) is 0 Å². The maximum absolute atomic E-state index is 13.8. The third-order valence-corrected chi connectivity index (χ3v) is 2.81. The summed E-state index contributed by atoms with van der Waals surface area (Å²) in [5.41, 5.74) is -1.81. The van der Waals surface area contributed by atoms with E-state index in [9.17, 15) is 19.1 Å². The number of nitrogens with one attached hydrogen (secondary N) is 1. The van der Waals surface area contributed by atoms with Crippen molar-refractivity contribution in [1.82, 2.24) is 9.55 Å². The van der Waals surface area contributed by atoms with E-state index in [1.54, 1.807) is 0 Å². The molecule has 0 spiro atoms. The van der Waals surface area contributed by atoms with Crippen molar-refractivity contribution >= 4 is 0 Å². The molecule has 2 heterocycles. The molecule has 102 valence electrons. The Kier molecular flexibility index (Phi) is 3.28. The lowest BCUT2D eigenvalue weighted by Crippen LogP contribution is -2.37. The fourth-order valence-electron chi connectivity index (χ4n) is 1.88. The van der Waals surface area contributed by atoms with Crippen LogP contribution >= 0.6 is 0 Å². The number of H-pyrrole nitrogens is 1. The molecule has 8 heteroatoms. The molecule has 1 saturated heterocycles. The van der Waals surface area contributed by atoms with Gasteiger partial charge in [-0.05, 0) is 0 Å². The van der Waals surface area contributed by atoms with E-state index in [4.69, 9.17) is 16.3 Å². The molecule has 3 atom stereocenters. The van der Waals surface area contributed by atoms with Gasteiger partial charge in [-0.15, -0.1) is 6.42 Å². The second kappa shape index (κ2) is 4.62. The molecule has 0 unspecified atom stereocenters. The van der Waals surface area contributed by atoms with E-state index < -0.39 is 42.5 Å². The summed E-state index contributed by atoms with van der Waals surface area (Å²) < 4.78 is 19.4. The summed E-state index contributed by atoms with van der Waals surface area (Å²) in [6.07, 6.45) is 2.86. The molecule has 1 aromatic rings. The quantitative estimate of drug-likeness (QED) is 0.565. The number of terminal acetylenes is 1. The van der Waals surface area contributed by atoms with Gasteiger partial charge in [0, 0.05) is 12.6 Å². The van der Waals surface area contributed by atoms with Crippen molar-refractivity contribution in [3.8, 4) is 12.3 Å².